The van der Waals surface area contributed by atoms with Crippen LogP contribution in [0, 0.1) is 13.8 Å². The minimum atomic E-state index is 0.716. The Hall–Kier alpha value is -2.86. The lowest BCUT2D eigenvalue weighted by Gasteiger charge is -2.37. The second kappa shape index (κ2) is 6.63. The fourth-order valence-corrected chi connectivity index (χ4v) is 4.14. The third-order valence-corrected chi connectivity index (χ3v) is 5.52. The summed E-state index contributed by atoms with van der Waals surface area (Å²) in [6.45, 7) is 7.77. The summed E-state index contributed by atoms with van der Waals surface area (Å²) < 4.78 is 1.96. The first-order valence-electron chi connectivity index (χ1n) is 9.47. The van der Waals surface area contributed by atoms with Crippen LogP contribution in [0.2, 0.25) is 5.02 Å². The Balaban J connectivity index is 1.43. The number of rotatable bonds is 2. The smallest absolute Gasteiger partial charge is 0.157 e. The molecule has 0 radical (unpaired) electrons. The van der Waals surface area contributed by atoms with E-state index in [1.165, 1.54) is 5.69 Å². The van der Waals surface area contributed by atoms with Crippen LogP contribution >= 0.6 is 11.6 Å². The number of hydrogen-bond acceptors (Lipinski definition) is 5. The first-order chi connectivity index (χ1) is 13.6. The standard InChI is InChI=1S/C21H21ClN6/c1-14-12-21(28-20(24-14)11-15(2)25-28)27-9-7-26(8-10-27)19-5-6-23-18-13-16(22)3-4-17(18)19/h3-6,11-13H,7-10H2,1-2H3. The number of piperazine rings is 1. The molecule has 0 spiro atoms. The molecule has 5 rings (SSSR count). The fraction of sp³-hybridized carbons (Fsp3) is 0.286. The van der Waals surface area contributed by atoms with Crippen molar-refractivity contribution in [3.8, 4) is 0 Å². The molecule has 4 aromatic rings. The molecule has 1 saturated heterocycles. The molecule has 1 aliphatic heterocycles. The molecule has 0 aliphatic carbocycles. The molecule has 1 aliphatic rings. The number of aromatic nitrogens is 4. The molecule has 1 fully saturated rings. The van der Waals surface area contributed by atoms with E-state index in [1.807, 2.05) is 42.8 Å². The lowest BCUT2D eigenvalue weighted by atomic mass is 10.1. The lowest BCUT2D eigenvalue weighted by Crippen LogP contribution is -2.47. The summed E-state index contributed by atoms with van der Waals surface area (Å²) in [6.07, 6.45) is 1.86. The Morgan fingerprint density at radius 1 is 0.893 bits per heavy atom. The van der Waals surface area contributed by atoms with Gasteiger partial charge >= 0.3 is 0 Å². The molecular formula is C21H21ClN6. The van der Waals surface area contributed by atoms with Crippen molar-refractivity contribution in [2.45, 2.75) is 13.8 Å². The summed E-state index contributed by atoms with van der Waals surface area (Å²) in [4.78, 5) is 13.9. The van der Waals surface area contributed by atoms with Crippen LogP contribution < -0.4 is 9.80 Å². The number of anilines is 2. The van der Waals surface area contributed by atoms with E-state index in [0.29, 0.717) is 5.02 Å². The quantitative estimate of drug-likeness (QED) is 0.518. The largest absolute Gasteiger partial charge is 0.367 e. The van der Waals surface area contributed by atoms with Gasteiger partial charge < -0.3 is 9.80 Å². The first-order valence-corrected chi connectivity index (χ1v) is 9.84. The molecule has 7 heteroatoms. The minimum absolute atomic E-state index is 0.716. The molecule has 142 valence electrons. The van der Waals surface area contributed by atoms with E-state index in [0.717, 1.165) is 59.9 Å². The minimum Gasteiger partial charge on any atom is -0.367 e. The van der Waals surface area contributed by atoms with Crippen molar-refractivity contribution in [1.82, 2.24) is 19.6 Å². The molecule has 1 aromatic carbocycles. The second-order valence-electron chi connectivity index (χ2n) is 7.28. The second-order valence-corrected chi connectivity index (χ2v) is 7.71. The molecular weight excluding hydrogens is 372 g/mol. The van der Waals surface area contributed by atoms with Gasteiger partial charge in [0.15, 0.2) is 5.65 Å². The number of halogens is 1. The highest BCUT2D eigenvalue weighted by Gasteiger charge is 2.21. The van der Waals surface area contributed by atoms with Crippen molar-refractivity contribution in [2.24, 2.45) is 0 Å². The van der Waals surface area contributed by atoms with Crippen LogP contribution in [-0.2, 0) is 0 Å². The van der Waals surface area contributed by atoms with E-state index in [2.05, 4.69) is 43.1 Å². The van der Waals surface area contributed by atoms with Gasteiger partial charge in [-0.2, -0.15) is 9.61 Å². The highest BCUT2D eigenvalue weighted by molar-refractivity contribution is 6.31. The summed E-state index contributed by atoms with van der Waals surface area (Å²) in [5, 5.41) is 6.49. The predicted octanol–water partition coefficient (Wildman–Crippen LogP) is 3.87. The maximum absolute atomic E-state index is 6.13. The molecule has 28 heavy (non-hydrogen) atoms. The van der Waals surface area contributed by atoms with E-state index in [9.17, 15) is 0 Å². The van der Waals surface area contributed by atoms with Crippen molar-refractivity contribution >= 4 is 39.7 Å². The molecule has 0 unspecified atom stereocenters. The van der Waals surface area contributed by atoms with Crippen molar-refractivity contribution < 1.29 is 0 Å². The van der Waals surface area contributed by atoms with Gasteiger partial charge in [0.2, 0.25) is 0 Å². The van der Waals surface area contributed by atoms with Gasteiger partial charge in [0.05, 0.1) is 11.2 Å². The Morgan fingerprint density at radius 3 is 2.50 bits per heavy atom. The van der Waals surface area contributed by atoms with Crippen molar-refractivity contribution in [3.63, 3.8) is 0 Å². The third-order valence-electron chi connectivity index (χ3n) is 5.28. The van der Waals surface area contributed by atoms with Crippen LogP contribution in [0.5, 0.6) is 0 Å². The molecule has 0 bridgehead atoms. The van der Waals surface area contributed by atoms with E-state index in [1.54, 1.807) is 0 Å². The van der Waals surface area contributed by atoms with Gasteiger partial charge in [-0.05, 0) is 38.1 Å². The molecule has 6 nitrogen and oxygen atoms in total. The van der Waals surface area contributed by atoms with E-state index in [4.69, 9.17) is 11.6 Å². The van der Waals surface area contributed by atoms with Crippen LogP contribution in [0.25, 0.3) is 16.6 Å². The molecule has 4 heterocycles. The number of benzene rings is 1. The van der Waals surface area contributed by atoms with E-state index >= 15 is 0 Å². The van der Waals surface area contributed by atoms with Crippen LogP contribution in [0.3, 0.4) is 0 Å². The monoisotopic (exact) mass is 392 g/mol. The van der Waals surface area contributed by atoms with Gasteiger partial charge in [0.1, 0.15) is 5.82 Å². The zero-order valence-corrected chi connectivity index (χ0v) is 16.7. The summed E-state index contributed by atoms with van der Waals surface area (Å²) in [6, 6.07) is 12.2. The molecule has 0 atom stereocenters. The summed E-state index contributed by atoms with van der Waals surface area (Å²) >= 11 is 6.13. The summed E-state index contributed by atoms with van der Waals surface area (Å²) in [5.74, 6) is 1.11. The molecule has 3 aromatic heterocycles. The van der Waals surface area contributed by atoms with Crippen molar-refractivity contribution in [3.05, 3.63) is 59.0 Å². The summed E-state index contributed by atoms with van der Waals surface area (Å²) in [7, 11) is 0. The predicted molar refractivity (Wildman–Crippen MR) is 114 cm³/mol. The maximum atomic E-state index is 6.13. The topological polar surface area (TPSA) is 49.6 Å². The Bertz CT molecular complexity index is 1180. The first kappa shape index (κ1) is 17.3. The average molecular weight is 393 g/mol. The molecule has 0 saturated carbocycles. The van der Waals surface area contributed by atoms with E-state index < -0.39 is 0 Å². The van der Waals surface area contributed by atoms with Gasteiger partial charge in [0, 0.05) is 66.3 Å². The zero-order valence-electron chi connectivity index (χ0n) is 15.9. The third kappa shape index (κ3) is 2.94. The van der Waals surface area contributed by atoms with Crippen LogP contribution in [0.4, 0.5) is 11.5 Å². The van der Waals surface area contributed by atoms with Gasteiger partial charge in [-0.3, -0.25) is 4.98 Å². The van der Waals surface area contributed by atoms with Crippen LogP contribution in [-0.4, -0.2) is 45.8 Å². The van der Waals surface area contributed by atoms with Crippen molar-refractivity contribution in [1.29, 1.82) is 0 Å². The maximum Gasteiger partial charge on any atom is 0.157 e. The average Bonchev–Trinajstić information content (AvgIpc) is 3.06. The van der Waals surface area contributed by atoms with E-state index in [-0.39, 0.29) is 0 Å². The Kier molecular flexibility index (Phi) is 4.09. The van der Waals surface area contributed by atoms with Crippen molar-refractivity contribution in [2.75, 3.05) is 36.0 Å². The molecule has 0 amide bonds. The summed E-state index contributed by atoms with van der Waals surface area (Å²) in [5.41, 5.74) is 5.06. The Morgan fingerprint density at radius 2 is 1.68 bits per heavy atom. The van der Waals surface area contributed by atoms with Crippen LogP contribution in [0.15, 0.2) is 42.6 Å². The highest BCUT2D eigenvalue weighted by atomic mass is 35.5. The van der Waals surface area contributed by atoms with Crippen LogP contribution in [0.1, 0.15) is 11.4 Å². The van der Waals surface area contributed by atoms with Gasteiger partial charge in [0.25, 0.3) is 0 Å². The molecule has 0 N–H and O–H groups in total. The fourth-order valence-electron chi connectivity index (χ4n) is 3.98. The normalized spacial score (nSPS) is 15.0. The van der Waals surface area contributed by atoms with Gasteiger partial charge in [-0.15, -0.1) is 0 Å². The highest BCUT2D eigenvalue weighted by Crippen LogP contribution is 2.29. The number of hydrogen-bond donors (Lipinski definition) is 0. The van der Waals surface area contributed by atoms with Gasteiger partial charge in [-0.25, -0.2) is 4.98 Å². The Labute approximate surface area is 168 Å². The van der Waals surface area contributed by atoms with Gasteiger partial charge in [-0.1, -0.05) is 11.6 Å². The number of nitrogens with zero attached hydrogens (tertiary/aromatic N) is 6. The number of pyridine rings is 1. The zero-order chi connectivity index (χ0) is 19.3. The SMILES string of the molecule is Cc1cc(N2CCN(c3ccnc4cc(Cl)ccc34)CC2)n2nc(C)cc2n1. The number of fused-ring (bicyclic) bond motifs is 2. The number of aryl methyl sites for hydroxylation is 2. The lowest BCUT2D eigenvalue weighted by molar-refractivity contribution is 0.639.